The van der Waals surface area contributed by atoms with Gasteiger partial charge in [0, 0.05) is 6.04 Å². The highest BCUT2D eigenvalue weighted by atomic mass is 19.1. The van der Waals surface area contributed by atoms with E-state index < -0.39 is 0 Å². The minimum atomic E-state index is -0.308. The molecule has 118 valence electrons. The van der Waals surface area contributed by atoms with E-state index >= 15 is 0 Å². The summed E-state index contributed by atoms with van der Waals surface area (Å²) in [6, 6.07) is 3.02. The quantitative estimate of drug-likeness (QED) is 0.872. The average Bonchev–Trinajstić information content (AvgIpc) is 2.54. The summed E-state index contributed by atoms with van der Waals surface area (Å²) >= 11 is 0. The van der Waals surface area contributed by atoms with Crippen LogP contribution in [0.3, 0.4) is 0 Å². The third-order valence-electron chi connectivity index (χ3n) is 5.30. The number of aromatic nitrogens is 1. The third kappa shape index (κ3) is 4.24. The molecule has 2 heterocycles. The van der Waals surface area contributed by atoms with Gasteiger partial charge in [-0.2, -0.15) is 0 Å². The summed E-state index contributed by atoms with van der Waals surface area (Å²) in [7, 11) is 0. The van der Waals surface area contributed by atoms with Crippen molar-refractivity contribution in [2.24, 2.45) is 11.1 Å². The van der Waals surface area contributed by atoms with E-state index in [2.05, 4.69) is 23.7 Å². The highest BCUT2D eigenvalue weighted by Gasteiger charge is 2.31. The minimum Gasteiger partial charge on any atom is -0.323 e. The molecule has 1 saturated heterocycles. The molecule has 2 rings (SSSR count). The molecule has 1 unspecified atom stereocenters. The highest BCUT2D eigenvalue weighted by Crippen LogP contribution is 2.37. The summed E-state index contributed by atoms with van der Waals surface area (Å²) in [5.41, 5.74) is 7.51. The fourth-order valence-corrected chi connectivity index (χ4v) is 3.28. The van der Waals surface area contributed by atoms with E-state index in [1.807, 2.05) is 0 Å². The molecule has 1 fully saturated rings. The standard InChI is InChI=1S/C17H28FN3/c1-3-17(4-2)8-11-21(12-9-17)10-7-15(19)16-6-5-14(18)13-20-16/h5-6,13,15H,3-4,7-12,19H2,1-2H3. The SMILES string of the molecule is CCC1(CC)CCN(CCC(N)c2ccc(F)cn2)CC1. The predicted octanol–water partition coefficient (Wildman–Crippen LogP) is 3.51. The van der Waals surface area contributed by atoms with Crippen molar-refractivity contribution < 1.29 is 4.39 Å². The molecule has 1 aliphatic heterocycles. The molecule has 0 spiro atoms. The average molecular weight is 293 g/mol. The smallest absolute Gasteiger partial charge is 0.141 e. The number of nitrogens with zero attached hydrogens (tertiary/aromatic N) is 2. The van der Waals surface area contributed by atoms with Gasteiger partial charge in [-0.25, -0.2) is 4.39 Å². The van der Waals surface area contributed by atoms with Gasteiger partial charge in [0.15, 0.2) is 0 Å². The molecule has 0 aliphatic carbocycles. The van der Waals surface area contributed by atoms with E-state index in [4.69, 9.17) is 5.73 Å². The predicted molar refractivity (Wildman–Crippen MR) is 84.4 cm³/mol. The van der Waals surface area contributed by atoms with Crippen LogP contribution in [-0.2, 0) is 0 Å². The molecule has 1 aromatic rings. The maximum atomic E-state index is 12.9. The van der Waals surface area contributed by atoms with Crippen molar-refractivity contribution >= 4 is 0 Å². The van der Waals surface area contributed by atoms with Gasteiger partial charge in [0.2, 0.25) is 0 Å². The summed E-state index contributed by atoms with van der Waals surface area (Å²) in [5.74, 6) is -0.308. The van der Waals surface area contributed by atoms with E-state index in [0.29, 0.717) is 5.41 Å². The zero-order valence-corrected chi connectivity index (χ0v) is 13.3. The maximum absolute atomic E-state index is 12.9. The highest BCUT2D eigenvalue weighted by molar-refractivity contribution is 5.09. The molecule has 2 N–H and O–H groups in total. The van der Waals surface area contributed by atoms with Gasteiger partial charge in [0.05, 0.1) is 11.9 Å². The molecule has 4 heteroatoms. The summed E-state index contributed by atoms with van der Waals surface area (Å²) in [5, 5.41) is 0. The molecule has 3 nitrogen and oxygen atoms in total. The molecule has 0 saturated carbocycles. The van der Waals surface area contributed by atoms with Crippen LogP contribution in [-0.4, -0.2) is 29.5 Å². The molecule has 1 aliphatic rings. The van der Waals surface area contributed by atoms with Gasteiger partial charge in [0.1, 0.15) is 5.82 Å². The number of hydrogen-bond acceptors (Lipinski definition) is 3. The Hall–Kier alpha value is -1.00. The lowest BCUT2D eigenvalue weighted by Gasteiger charge is -2.41. The first-order chi connectivity index (χ1) is 10.1. The molecule has 0 amide bonds. The normalized spacial score (nSPS) is 20.4. The van der Waals surface area contributed by atoms with Crippen LogP contribution >= 0.6 is 0 Å². The Balaban J connectivity index is 1.78. The van der Waals surface area contributed by atoms with Gasteiger partial charge in [-0.1, -0.05) is 26.7 Å². The lowest BCUT2D eigenvalue weighted by Crippen LogP contribution is -2.40. The van der Waals surface area contributed by atoms with E-state index in [1.165, 1.54) is 51.0 Å². The van der Waals surface area contributed by atoms with Crippen LogP contribution in [0.1, 0.15) is 57.7 Å². The van der Waals surface area contributed by atoms with E-state index in [-0.39, 0.29) is 11.9 Å². The van der Waals surface area contributed by atoms with Crippen LogP contribution in [0, 0.1) is 11.2 Å². The molecule has 1 aromatic heterocycles. The second-order valence-corrected chi connectivity index (χ2v) is 6.35. The van der Waals surface area contributed by atoms with Crippen LogP contribution in [0.5, 0.6) is 0 Å². The Kier molecular flexibility index (Phi) is 5.71. The van der Waals surface area contributed by atoms with Gasteiger partial charge < -0.3 is 10.6 Å². The second-order valence-electron chi connectivity index (χ2n) is 6.35. The zero-order valence-electron chi connectivity index (χ0n) is 13.3. The van der Waals surface area contributed by atoms with E-state index in [9.17, 15) is 4.39 Å². The van der Waals surface area contributed by atoms with Crippen molar-refractivity contribution in [2.75, 3.05) is 19.6 Å². The minimum absolute atomic E-state index is 0.102. The molecular formula is C17H28FN3. The summed E-state index contributed by atoms with van der Waals surface area (Å²) in [6.45, 7) is 7.98. The van der Waals surface area contributed by atoms with Gasteiger partial charge in [-0.3, -0.25) is 4.98 Å². The van der Waals surface area contributed by atoms with Crippen LogP contribution in [0.4, 0.5) is 4.39 Å². The lowest BCUT2D eigenvalue weighted by molar-refractivity contribution is 0.0934. The molecule has 21 heavy (non-hydrogen) atoms. The second kappa shape index (κ2) is 7.32. The molecule has 0 bridgehead atoms. The Morgan fingerprint density at radius 1 is 1.29 bits per heavy atom. The number of halogens is 1. The summed E-state index contributed by atoms with van der Waals surface area (Å²) in [4.78, 5) is 6.58. The van der Waals surface area contributed by atoms with Crippen LogP contribution in [0.25, 0.3) is 0 Å². The molecular weight excluding hydrogens is 265 g/mol. The van der Waals surface area contributed by atoms with Gasteiger partial charge in [-0.05, 0) is 56.4 Å². The fraction of sp³-hybridized carbons (Fsp3) is 0.706. The zero-order chi connectivity index (χ0) is 15.3. The fourth-order valence-electron chi connectivity index (χ4n) is 3.28. The van der Waals surface area contributed by atoms with E-state index in [0.717, 1.165) is 18.7 Å². The molecule has 0 aromatic carbocycles. The number of hydrogen-bond donors (Lipinski definition) is 1. The number of piperidine rings is 1. The summed E-state index contributed by atoms with van der Waals surface area (Å²) < 4.78 is 12.9. The lowest BCUT2D eigenvalue weighted by atomic mass is 9.74. The van der Waals surface area contributed by atoms with Gasteiger partial charge >= 0.3 is 0 Å². The van der Waals surface area contributed by atoms with E-state index in [1.54, 1.807) is 6.07 Å². The third-order valence-corrected chi connectivity index (χ3v) is 5.30. The van der Waals surface area contributed by atoms with Crippen molar-refractivity contribution in [3.63, 3.8) is 0 Å². The largest absolute Gasteiger partial charge is 0.323 e. The maximum Gasteiger partial charge on any atom is 0.141 e. The number of pyridine rings is 1. The number of nitrogens with two attached hydrogens (primary N) is 1. The number of likely N-dealkylation sites (tertiary alicyclic amines) is 1. The number of rotatable bonds is 6. The van der Waals surface area contributed by atoms with Crippen molar-refractivity contribution in [1.82, 2.24) is 9.88 Å². The Bertz CT molecular complexity index is 418. The topological polar surface area (TPSA) is 42.1 Å². The first-order valence-electron chi connectivity index (χ1n) is 8.18. The molecule has 1 atom stereocenters. The van der Waals surface area contributed by atoms with Gasteiger partial charge in [0.25, 0.3) is 0 Å². The Morgan fingerprint density at radius 2 is 1.95 bits per heavy atom. The van der Waals surface area contributed by atoms with Crippen LogP contribution in [0.15, 0.2) is 18.3 Å². The van der Waals surface area contributed by atoms with Crippen molar-refractivity contribution in [1.29, 1.82) is 0 Å². The monoisotopic (exact) mass is 293 g/mol. The summed E-state index contributed by atoms with van der Waals surface area (Å²) in [6.07, 6.45) is 7.29. The Morgan fingerprint density at radius 3 is 2.48 bits per heavy atom. The first-order valence-corrected chi connectivity index (χ1v) is 8.18. The Labute approximate surface area is 127 Å². The van der Waals surface area contributed by atoms with Crippen molar-refractivity contribution in [3.8, 4) is 0 Å². The van der Waals surface area contributed by atoms with Crippen LogP contribution in [0.2, 0.25) is 0 Å². The van der Waals surface area contributed by atoms with Crippen LogP contribution < -0.4 is 5.73 Å². The van der Waals surface area contributed by atoms with Gasteiger partial charge in [-0.15, -0.1) is 0 Å². The van der Waals surface area contributed by atoms with Crippen molar-refractivity contribution in [3.05, 3.63) is 29.8 Å². The first kappa shape index (κ1) is 16.4. The van der Waals surface area contributed by atoms with Crippen molar-refractivity contribution in [2.45, 2.75) is 52.0 Å². The molecule has 0 radical (unpaired) electrons.